The molecule has 0 unspecified atom stereocenters. The normalized spacial score (nSPS) is 10.8. The molecule has 0 fully saturated rings. The van der Waals surface area contributed by atoms with E-state index < -0.39 is 0 Å². The summed E-state index contributed by atoms with van der Waals surface area (Å²) in [6.45, 7) is 0. The van der Waals surface area contributed by atoms with Crippen LogP contribution in [0.3, 0.4) is 0 Å². The predicted octanol–water partition coefficient (Wildman–Crippen LogP) is 4.45. The Kier molecular flexibility index (Phi) is 3.18. The third-order valence-electron chi connectivity index (χ3n) is 2.67. The van der Waals surface area contributed by atoms with E-state index in [1.807, 2.05) is 22.9 Å². The van der Waals surface area contributed by atoms with Gasteiger partial charge < -0.3 is 11.1 Å². The van der Waals surface area contributed by atoms with Crippen LogP contribution >= 0.6 is 34.3 Å². The highest BCUT2D eigenvalue weighted by Gasteiger charge is 2.16. The summed E-state index contributed by atoms with van der Waals surface area (Å²) < 4.78 is 0.956. The van der Waals surface area contributed by atoms with Gasteiger partial charge in [-0.15, -0.1) is 11.3 Å². The van der Waals surface area contributed by atoms with Crippen molar-refractivity contribution in [1.29, 1.82) is 0 Å². The molecule has 3 N–H and O–H groups in total. The van der Waals surface area contributed by atoms with Crippen LogP contribution in [0.1, 0.15) is 9.67 Å². The zero-order valence-electron chi connectivity index (χ0n) is 9.64. The summed E-state index contributed by atoms with van der Waals surface area (Å²) in [6, 6.07) is 7.30. The summed E-state index contributed by atoms with van der Waals surface area (Å²) in [5.41, 5.74) is 7.30. The van der Waals surface area contributed by atoms with Gasteiger partial charge in [0.1, 0.15) is 4.88 Å². The van der Waals surface area contributed by atoms with E-state index in [2.05, 4.69) is 5.32 Å². The fourth-order valence-corrected chi connectivity index (χ4v) is 3.54. The number of amides is 1. The standard InChI is InChI=1S/C13H9ClN2OS2/c14-7-1-2-10-9(5-7)11(15)12(19-10)13(17)16-8-3-4-18-6-8/h1-6H,15H2,(H,16,17). The van der Waals surface area contributed by atoms with Gasteiger partial charge in [-0.3, -0.25) is 4.79 Å². The lowest BCUT2D eigenvalue weighted by Crippen LogP contribution is -2.11. The molecule has 0 aliphatic carbocycles. The summed E-state index contributed by atoms with van der Waals surface area (Å²) in [5, 5.41) is 8.04. The number of hydrogen-bond acceptors (Lipinski definition) is 4. The smallest absolute Gasteiger partial charge is 0.267 e. The number of hydrogen-bond donors (Lipinski definition) is 2. The number of anilines is 2. The SMILES string of the molecule is Nc1c(C(=O)Nc2ccsc2)sc2ccc(Cl)cc12. The molecule has 0 saturated carbocycles. The highest BCUT2D eigenvalue weighted by molar-refractivity contribution is 7.21. The number of carbonyl (C=O) groups excluding carboxylic acids is 1. The van der Waals surface area contributed by atoms with Gasteiger partial charge in [0.25, 0.3) is 5.91 Å². The van der Waals surface area contributed by atoms with Gasteiger partial charge in [0.15, 0.2) is 0 Å². The lowest BCUT2D eigenvalue weighted by Gasteiger charge is -2.01. The van der Waals surface area contributed by atoms with Crippen molar-refractivity contribution in [3.8, 4) is 0 Å². The van der Waals surface area contributed by atoms with E-state index in [-0.39, 0.29) is 5.91 Å². The second-order valence-corrected chi connectivity index (χ2v) is 6.22. The number of halogens is 1. The van der Waals surface area contributed by atoms with Crippen LogP contribution in [0.2, 0.25) is 5.02 Å². The van der Waals surface area contributed by atoms with E-state index in [9.17, 15) is 4.79 Å². The van der Waals surface area contributed by atoms with E-state index in [1.165, 1.54) is 22.7 Å². The number of benzene rings is 1. The monoisotopic (exact) mass is 308 g/mol. The minimum absolute atomic E-state index is 0.187. The minimum Gasteiger partial charge on any atom is -0.397 e. The zero-order chi connectivity index (χ0) is 13.4. The molecular weight excluding hydrogens is 300 g/mol. The average molecular weight is 309 g/mol. The lowest BCUT2D eigenvalue weighted by atomic mass is 10.2. The Bertz CT molecular complexity index is 749. The number of rotatable bonds is 2. The van der Waals surface area contributed by atoms with Crippen LogP contribution in [0.25, 0.3) is 10.1 Å². The van der Waals surface area contributed by atoms with E-state index in [1.54, 1.807) is 12.1 Å². The van der Waals surface area contributed by atoms with Crippen molar-refractivity contribution in [2.75, 3.05) is 11.1 Å². The molecule has 0 bridgehead atoms. The van der Waals surface area contributed by atoms with Crippen molar-refractivity contribution in [3.63, 3.8) is 0 Å². The van der Waals surface area contributed by atoms with Gasteiger partial charge >= 0.3 is 0 Å². The van der Waals surface area contributed by atoms with E-state index >= 15 is 0 Å². The number of fused-ring (bicyclic) bond motifs is 1. The first kappa shape index (κ1) is 12.5. The molecule has 0 radical (unpaired) electrons. The van der Waals surface area contributed by atoms with E-state index in [0.29, 0.717) is 15.6 Å². The topological polar surface area (TPSA) is 55.1 Å². The molecule has 0 aliphatic rings. The second kappa shape index (κ2) is 4.85. The highest BCUT2D eigenvalue weighted by Crippen LogP contribution is 2.35. The molecule has 2 heterocycles. The third-order valence-corrected chi connectivity index (χ3v) is 4.78. The van der Waals surface area contributed by atoms with Crippen LogP contribution in [-0.4, -0.2) is 5.91 Å². The van der Waals surface area contributed by atoms with Gasteiger partial charge in [0.2, 0.25) is 0 Å². The second-order valence-electron chi connectivity index (χ2n) is 3.95. The average Bonchev–Trinajstić information content (AvgIpc) is 2.98. The first-order valence-electron chi connectivity index (χ1n) is 5.46. The van der Waals surface area contributed by atoms with E-state index in [4.69, 9.17) is 17.3 Å². The van der Waals surface area contributed by atoms with Crippen LogP contribution in [0.4, 0.5) is 11.4 Å². The van der Waals surface area contributed by atoms with E-state index in [0.717, 1.165) is 15.8 Å². The fraction of sp³-hybridized carbons (Fsp3) is 0. The van der Waals surface area contributed by atoms with Crippen LogP contribution in [-0.2, 0) is 0 Å². The maximum atomic E-state index is 12.2. The lowest BCUT2D eigenvalue weighted by molar-refractivity contribution is 0.103. The molecule has 1 aromatic carbocycles. The number of carbonyl (C=O) groups is 1. The Hall–Kier alpha value is -1.56. The molecule has 3 aromatic rings. The Morgan fingerprint density at radius 1 is 1.32 bits per heavy atom. The van der Waals surface area contributed by atoms with Gasteiger partial charge in [0, 0.05) is 20.5 Å². The Morgan fingerprint density at radius 2 is 2.16 bits per heavy atom. The van der Waals surface area contributed by atoms with Gasteiger partial charge in [-0.2, -0.15) is 11.3 Å². The minimum atomic E-state index is -0.187. The van der Waals surface area contributed by atoms with Gasteiger partial charge in [0.05, 0.1) is 11.4 Å². The molecule has 19 heavy (non-hydrogen) atoms. The maximum absolute atomic E-state index is 12.2. The summed E-state index contributed by atoms with van der Waals surface area (Å²) in [6.07, 6.45) is 0. The van der Waals surface area contributed by atoms with Crippen LogP contribution in [0, 0.1) is 0 Å². The number of nitrogens with two attached hydrogens (primary N) is 1. The summed E-state index contributed by atoms with van der Waals surface area (Å²) in [7, 11) is 0. The predicted molar refractivity (Wildman–Crippen MR) is 83.5 cm³/mol. The molecule has 1 amide bonds. The fourth-order valence-electron chi connectivity index (χ4n) is 1.78. The Labute approximate surface area is 122 Å². The Balaban J connectivity index is 2.00. The molecule has 0 spiro atoms. The molecule has 0 atom stereocenters. The van der Waals surface area contributed by atoms with Crippen molar-refractivity contribution in [1.82, 2.24) is 0 Å². The van der Waals surface area contributed by atoms with Gasteiger partial charge in [-0.1, -0.05) is 11.6 Å². The van der Waals surface area contributed by atoms with Crippen LogP contribution < -0.4 is 11.1 Å². The third kappa shape index (κ3) is 2.32. The highest BCUT2D eigenvalue weighted by atomic mass is 35.5. The number of nitrogen functional groups attached to an aromatic ring is 1. The molecule has 3 rings (SSSR count). The number of thiophene rings is 2. The summed E-state index contributed by atoms with van der Waals surface area (Å²) in [5.74, 6) is -0.187. The van der Waals surface area contributed by atoms with Gasteiger partial charge in [-0.05, 0) is 29.6 Å². The van der Waals surface area contributed by atoms with Crippen molar-refractivity contribution in [2.24, 2.45) is 0 Å². The molecule has 96 valence electrons. The van der Waals surface area contributed by atoms with Crippen molar-refractivity contribution >= 4 is 61.6 Å². The molecule has 3 nitrogen and oxygen atoms in total. The Morgan fingerprint density at radius 3 is 2.89 bits per heavy atom. The van der Waals surface area contributed by atoms with Crippen LogP contribution in [0.15, 0.2) is 35.0 Å². The quantitative estimate of drug-likeness (QED) is 0.735. The maximum Gasteiger partial charge on any atom is 0.267 e. The molecule has 0 saturated heterocycles. The summed E-state index contributed by atoms with van der Waals surface area (Å²) in [4.78, 5) is 12.7. The summed E-state index contributed by atoms with van der Waals surface area (Å²) >= 11 is 8.84. The molecule has 0 aliphatic heterocycles. The zero-order valence-corrected chi connectivity index (χ0v) is 12.0. The first-order chi connectivity index (χ1) is 9.15. The van der Waals surface area contributed by atoms with Crippen LogP contribution in [0.5, 0.6) is 0 Å². The van der Waals surface area contributed by atoms with Gasteiger partial charge in [-0.25, -0.2) is 0 Å². The largest absolute Gasteiger partial charge is 0.397 e. The van der Waals surface area contributed by atoms with Crippen molar-refractivity contribution in [2.45, 2.75) is 0 Å². The molecule has 2 aromatic heterocycles. The number of nitrogens with one attached hydrogen (secondary N) is 1. The van der Waals surface area contributed by atoms with Crippen molar-refractivity contribution < 1.29 is 4.79 Å². The first-order valence-corrected chi connectivity index (χ1v) is 7.60. The molecular formula is C13H9ClN2OS2. The van der Waals surface area contributed by atoms with Crippen molar-refractivity contribution in [3.05, 3.63) is 44.9 Å². The molecule has 6 heteroatoms.